The Bertz CT molecular complexity index is 1310. The summed E-state index contributed by atoms with van der Waals surface area (Å²) in [5.74, 6) is -1.55. The minimum Gasteiger partial charge on any atom is -0.493 e. The van der Waals surface area contributed by atoms with Crippen LogP contribution in [0.2, 0.25) is 0 Å². The Morgan fingerprint density at radius 3 is 2.39 bits per heavy atom. The fourth-order valence-electron chi connectivity index (χ4n) is 4.46. The number of Topliss-reactive ketones (excluding diaryl/α,β-unsaturated/α-hetero) is 1. The Morgan fingerprint density at radius 2 is 1.84 bits per heavy atom. The van der Waals surface area contributed by atoms with Gasteiger partial charge in [0.1, 0.15) is 18.1 Å². The van der Waals surface area contributed by atoms with Crippen molar-refractivity contribution in [1.82, 2.24) is 10.2 Å². The van der Waals surface area contributed by atoms with E-state index in [1.165, 1.54) is 18.9 Å². The van der Waals surface area contributed by atoms with Crippen LogP contribution in [0.1, 0.15) is 72.0 Å². The minimum atomic E-state index is -1.14. The molecule has 2 amide bonds. The van der Waals surface area contributed by atoms with Gasteiger partial charge in [0.2, 0.25) is 5.91 Å². The van der Waals surface area contributed by atoms with Gasteiger partial charge in [-0.2, -0.15) is 0 Å². The quantitative estimate of drug-likeness (QED) is 0.430. The largest absolute Gasteiger partial charge is 0.493 e. The predicted molar refractivity (Wildman–Crippen MR) is 143 cm³/mol. The minimum absolute atomic E-state index is 0.0682. The highest BCUT2D eigenvalue weighted by molar-refractivity contribution is 6.08. The van der Waals surface area contributed by atoms with Crippen LogP contribution >= 0.6 is 0 Å². The van der Waals surface area contributed by atoms with Gasteiger partial charge in [0.15, 0.2) is 5.78 Å². The van der Waals surface area contributed by atoms with E-state index in [-0.39, 0.29) is 24.1 Å². The van der Waals surface area contributed by atoms with E-state index in [1.807, 2.05) is 27.7 Å². The normalized spacial score (nSPS) is 12.7. The van der Waals surface area contributed by atoms with Crippen LogP contribution in [0.4, 0.5) is 5.69 Å². The molecule has 0 saturated heterocycles. The second-order valence-electron chi connectivity index (χ2n) is 10.1. The van der Waals surface area contributed by atoms with Crippen molar-refractivity contribution in [2.24, 2.45) is 0 Å². The van der Waals surface area contributed by atoms with Crippen molar-refractivity contribution in [1.29, 1.82) is 5.41 Å². The molecule has 0 aliphatic carbocycles. The lowest BCUT2D eigenvalue weighted by molar-refractivity contribution is -0.136. The van der Waals surface area contributed by atoms with Crippen LogP contribution in [-0.2, 0) is 21.5 Å². The number of carbonyl (C=O) groups is 4. The van der Waals surface area contributed by atoms with Gasteiger partial charge in [-0.1, -0.05) is 20.8 Å². The van der Waals surface area contributed by atoms with Crippen molar-refractivity contribution in [2.75, 3.05) is 31.6 Å². The van der Waals surface area contributed by atoms with Gasteiger partial charge in [-0.3, -0.25) is 24.6 Å². The van der Waals surface area contributed by atoms with Crippen LogP contribution in [-0.4, -0.2) is 66.2 Å². The maximum atomic E-state index is 13.4. The van der Waals surface area contributed by atoms with Crippen LogP contribution in [0, 0.1) is 5.41 Å². The van der Waals surface area contributed by atoms with E-state index in [0.717, 1.165) is 5.56 Å². The highest BCUT2D eigenvalue weighted by Crippen LogP contribution is 2.34. The lowest BCUT2D eigenvalue weighted by Crippen LogP contribution is -2.36. The molecule has 2 aromatic rings. The number of amidine groups is 1. The third kappa shape index (κ3) is 5.85. The van der Waals surface area contributed by atoms with Crippen molar-refractivity contribution < 1.29 is 29.0 Å². The molecule has 2 aromatic carbocycles. The van der Waals surface area contributed by atoms with Gasteiger partial charge in [0.25, 0.3) is 5.91 Å². The van der Waals surface area contributed by atoms with Crippen molar-refractivity contribution >= 4 is 35.1 Å². The summed E-state index contributed by atoms with van der Waals surface area (Å²) in [5.41, 5.74) is 2.69. The molecule has 0 atom stereocenters. The summed E-state index contributed by atoms with van der Waals surface area (Å²) in [5, 5.41) is 20.5. The van der Waals surface area contributed by atoms with Crippen LogP contribution in [0.3, 0.4) is 0 Å². The van der Waals surface area contributed by atoms with Crippen LogP contribution in [0.25, 0.3) is 0 Å². The fourth-order valence-corrected chi connectivity index (χ4v) is 4.46. The summed E-state index contributed by atoms with van der Waals surface area (Å²) in [6.07, 6.45) is 0. The SMILES string of the molecule is CCOc1cc2c(cc1C(=O)NC)C(=N)N(CC(=O)c1ccc(N(CC(=O)O)C(C)=O)c(C(C)(C)C)c1)C2. The fraction of sp³-hybridized carbons (Fsp3) is 0.393. The number of ether oxygens (including phenoxy) is 1. The van der Waals surface area contributed by atoms with E-state index in [4.69, 9.17) is 10.1 Å². The number of nitrogens with one attached hydrogen (secondary N) is 2. The number of hydrogen-bond donors (Lipinski definition) is 3. The Balaban J connectivity index is 1.91. The van der Waals surface area contributed by atoms with Gasteiger partial charge in [-0.05, 0) is 53.8 Å². The molecule has 202 valence electrons. The molecule has 3 rings (SSSR count). The molecule has 1 aliphatic rings. The lowest BCUT2D eigenvalue weighted by Gasteiger charge is -2.29. The highest BCUT2D eigenvalue weighted by atomic mass is 16.5. The zero-order valence-electron chi connectivity index (χ0n) is 22.6. The summed E-state index contributed by atoms with van der Waals surface area (Å²) in [6.45, 7) is 9.03. The summed E-state index contributed by atoms with van der Waals surface area (Å²) in [4.78, 5) is 52.1. The standard InChI is InChI=1S/C28H34N4O6/c1-7-38-24-11-18-13-31(26(29)19(18)12-20(24)27(37)30-6)14-23(34)17-8-9-22(21(10-17)28(3,4)5)32(16(2)33)15-25(35)36/h8-12,29H,7,13-15H2,1-6H3,(H,30,37)(H,35,36). The third-order valence-electron chi connectivity index (χ3n) is 6.33. The number of fused-ring (bicyclic) bond motifs is 1. The van der Waals surface area contributed by atoms with E-state index in [0.29, 0.717) is 46.8 Å². The molecule has 0 radical (unpaired) electrons. The predicted octanol–water partition coefficient (Wildman–Crippen LogP) is 3.20. The molecule has 10 heteroatoms. The maximum Gasteiger partial charge on any atom is 0.323 e. The second kappa shape index (κ2) is 11.0. The number of carboxylic acid groups (broad SMARTS) is 1. The number of anilines is 1. The Kier molecular flexibility index (Phi) is 8.24. The summed E-state index contributed by atoms with van der Waals surface area (Å²) >= 11 is 0. The first-order valence-corrected chi connectivity index (χ1v) is 12.3. The second-order valence-corrected chi connectivity index (χ2v) is 10.1. The third-order valence-corrected chi connectivity index (χ3v) is 6.33. The molecular formula is C28H34N4O6. The van der Waals surface area contributed by atoms with Crippen molar-refractivity contribution in [2.45, 2.75) is 46.6 Å². The van der Waals surface area contributed by atoms with Crippen molar-refractivity contribution in [3.05, 3.63) is 58.1 Å². The molecule has 0 bridgehead atoms. The smallest absolute Gasteiger partial charge is 0.323 e. The van der Waals surface area contributed by atoms with E-state index in [2.05, 4.69) is 5.32 Å². The Morgan fingerprint density at radius 1 is 1.16 bits per heavy atom. The number of rotatable bonds is 9. The van der Waals surface area contributed by atoms with Crippen LogP contribution in [0.5, 0.6) is 5.75 Å². The first-order valence-electron chi connectivity index (χ1n) is 12.3. The van der Waals surface area contributed by atoms with Crippen LogP contribution < -0.4 is 15.0 Å². The summed E-state index contributed by atoms with van der Waals surface area (Å²) in [7, 11) is 1.52. The zero-order valence-corrected chi connectivity index (χ0v) is 22.6. The van der Waals surface area contributed by atoms with E-state index < -0.39 is 23.8 Å². The lowest BCUT2D eigenvalue weighted by atomic mass is 9.84. The Hall–Kier alpha value is -4.21. The molecule has 0 fully saturated rings. The number of aliphatic carboxylic acids is 1. The maximum absolute atomic E-state index is 13.4. The monoisotopic (exact) mass is 522 g/mol. The average Bonchev–Trinajstić information content (AvgIpc) is 3.14. The van der Waals surface area contributed by atoms with Crippen molar-refractivity contribution in [3.63, 3.8) is 0 Å². The molecule has 10 nitrogen and oxygen atoms in total. The van der Waals surface area contributed by atoms with E-state index >= 15 is 0 Å². The molecule has 0 spiro atoms. The van der Waals surface area contributed by atoms with Gasteiger partial charge in [0.05, 0.1) is 18.7 Å². The first-order chi connectivity index (χ1) is 17.8. The van der Waals surface area contributed by atoms with E-state index in [1.54, 1.807) is 35.2 Å². The molecule has 0 unspecified atom stereocenters. The number of nitrogens with zero attached hydrogens (tertiary/aromatic N) is 2. The number of hydrogen-bond acceptors (Lipinski definition) is 6. The molecule has 1 aliphatic heterocycles. The molecule has 3 N–H and O–H groups in total. The summed E-state index contributed by atoms with van der Waals surface area (Å²) < 4.78 is 5.64. The summed E-state index contributed by atoms with van der Waals surface area (Å²) in [6, 6.07) is 8.24. The average molecular weight is 523 g/mol. The van der Waals surface area contributed by atoms with Gasteiger partial charge >= 0.3 is 5.97 Å². The highest BCUT2D eigenvalue weighted by Gasteiger charge is 2.30. The molecule has 1 heterocycles. The zero-order chi connectivity index (χ0) is 28.4. The van der Waals surface area contributed by atoms with Gasteiger partial charge < -0.3 is 25.0 Å². The number of carboxylic acids is 1. The van der Waals surface area contributed by atoms with Crippen LogP contribution in [0.15, 0.2) is 30.3 Å². The molecule has 0 saturated carbocycles. The topological polar surface area (TPSA) is 140 Å². The van der Waals surface area contributed by atoms with Gasteiger partial charge in [-0.25, -0.2) is 0 Å². The number of carbonyl (C=O) groups excluding carboxylic acids is 3. The number of ketones is 1. The molecular weight excluding hydrogens is 488 g/mol. The number of amides is 2. The Labute approximate surface area is 222 Å². The molecule has 0 aromatic heterocycles. The van der Waals surface area contributed by atoms with Gasteiger partial charge in [-0.15, -0.1) is 0 Å². The van der Waals surface area contributed by atoms with Gasteiger partial charge in [0, 0.05) is 37.3 Å². The van der Waals surface area contributed by atoms with E-state index in [9.17, 15) is 24.3 Å². The first kappa shape index (κ1) is 28.4. The van der Waals surface area contributed by atoms with Crippen molar-refractivity contribution in [3.8, 4) is 5.75 Å². The number of benzene rings is 2. The molecule has 38 heavy (non-hydrogen) atoms.